The van der Waals surface area contributed by atoms with E-state index in [0.29, 0.717) is 17.9 Å². The van der Waals surface area contributed by atoms with Crippen molar-refractivity contribution < 1.29 is 9.59 Å². The Morgan fingerprint density at radius 1 is 1.04 bits per heavy atom. The zero-order chi connectivity index (χ0) is 16.8. The van der Waals surface area contributed by atoms with Gasteiger partial charge in [0.1, 0.15) is 0 Å². The van der Waals surface area contributed by atoms with Crippen LogP contribution >= 0.6 is 43.6 Å². The van der Waals surface area contributed by atoms with E-state index >= 15 is 0 Å². The maximum atomic E-state index is 12.4. The van der Waals surface area contributed by atoms with Crippen molar-refractivity contribution in [3.8, 4) is 0 Å². The summed E-state index contributed by atoms with van der Waals surface area (Å²) in [6.07, 6.45) is 0. The predicted octanol–water partition coefficient (Wildman–Crippen LogP) is 4.45. The van der Waals surface area contributed by atoms with Crippen LogP contribution in [0, 0.1) is 0 Å². The number of rotatable bonds is 5. The van der Waals surface area contributed by atoms with E-state index in [-0.39, 0.29) is 5.91 Å². The van der Waals surface area contributed by atoms with E-state index in [9.17, 15) is 9.59 Å². The van der Waals surface area contributed by atoms with E-state index in [0.717, 1.165) is 31.8 Å². The monoisotopic (exact) mass is 456 g/mol. The van der Waals surface area contributed by atoms with Gasteiger partial charge in [-0.1, -0.05) is 55.8 Å². The summed E-state index contributed by atoms with van der Waals surface area (Å²) in [5.74, 6) is 0.177. The number of nitrogens with two attached hydrogens (primary N) is 1. The van der Waals surface area contributed by atoms with Gasteiger partial charge in [-0.2, -0.15) is 0 Å². The molecule has 2 amide bonds. The lowest BCUT2D eigenvalue weighted by Gasteiger charge is -2.10. The van der Waals surface area contributed by atoms with Gasteiger partial charge < -0.3 is 11.1 Å². The van der Waals surface area contributed by atoms with Gasteiger partial charge in [0.2, 0.25) is 0 Å². The molecule has 0 spiro atoms. The standard InChI is InChI=1S/C16H14Br2N2O2S/c17-12-3-1-10(2-4-12)8-20-15(21)14-6-5-13(18)7-11(14)9-23-16(19)22/h1-7H,8-9H2,(H2,19,22)(H,20,21). The molecule has 0 aliphatic rings. The Labute approximate surface area is 155 Å². The van der Waals surface area contributed by atoms with Gasteiger partial charge in [-0.25, -0.2) is 0 Å². The molecule has 23 heavy (non-hydrogen) atoms. The van der Waals surface area contributed by atoms with Crippen LogP contribution in [0.2, 0.25) is 0 Å². The number of benzene rings is 2. The number of carbonyl (C=O) groups excluding carboxylic acids is 2. The molecule has 2 aromatic carbocycles. The van der Waals surface area contributed by atoms with Crippen LogP contribution in [-0.4, -0.2) is 11.1 Å². The molecule has 0 aromatic heterocycles. The molecule has 0 saturated carbocycles. The Hall–Kier alpha value is -1.31. The molecule has 120 valence electrons. The fourth-order valence-corrected chi connectivity index (χ4v) is 3.14. The highest BCUT2D eigenvalue weighted by molar-refractivity contribution is 9.10. The molecule has 0 radical (unpaired) electrons. The Kier molecular flexibility index (Phi) is 6.68. The number of amides is 2. The lowest BCUT2D eigenvalue weighted by atomic mass is 10.1. The average Bonchev–Trinajstić information content (AvgIpc) is 2.52. The summed E-state index contributed by atoms with van der Waals surface area (Å²) < 4.78 is 1.84. The lowest BCUT2D eigenvalue weighted by molar-refractivity contribution is 0.0950. The first-order chi connectivity index (χ1) is 11.0. The average molecular weight is 458 g/mol. The van der Waals surface area contributed by atoms with Gasteiger partial charge in [0, 0.05) is 26.8 Å². The van der Waals surface area contributed by atoms with E-state index in [4.69, 9.17) is 5.73 Å². The fourth-order valence-electron chi connectivity index (χ4n) is 1.93. The van der Waals surface area contributed by atoms with Crippen LogP contribution in [0.5, 0.6) is 0 Å². The number of carbonyl (C=O) groups is 2. The quantitative estimate of drug-likeness (QED) is 0.696. The normalized spacial score (nSPS) is 10.3. The van der Waals surface area contributed by atoms with Gasteiger partial charge in [0.05, 0.1) is 0 Å². The van der Waals surface area contributed by atoms with Crippen molar-refractivity contribution in [2.75, 3.05) is 0 Å². The predicted molar refractivity (Wildman–Crippen MR) is 100 cm³/mol. The van der Waals surface area contributed by atoms with Crippen LogP contribution in [-0.2, 0) is 12.3 Å². The van der Waals surface area contributed by atoms with Crippen LogP contribution in [0.25, 0.3) is 0 Å². The second kappa shape index (κ2) is 8.52. The highest BCUT2D eigenvalue weighted by atomic mass is 79.9. The van der Waals surface area contributed by atoms with Crippen LogP contribution in [0.1, 0.15) is 21.5 Å². The van der Waals surface area contributed by atoms with Gasteiger partial charge in [0.15, 0.2) is 0 Å². The maximum Gasteiger partial charge on any atom is 0.276 e. The summed E-state index contributed by atoms with van der Waals surface area (Å²) in [4.78, 5) is 23.3. The molecule has 2 aromatic rings. The van der Waals surface area contributed by atoms with Gasteiger partial charge >= 0.3 is 0 Å². The van der Waals surface area contributed by atoms with Crippen LogP contribution in [0.3, 0.4) is 0 Å². The molecule has 0 bridgehead atoms. The number of halogens is 2. The van der Waals surface area contributed by atoms with Gasteiger partial charge in [-0.3, -0.25) is 9.59 Å². The first-order valence-electron chi connectivity index (χ1n) is 6.69. The zero-order valence-electron chi connectivity index (χ0n) is 12.0. The summed E-state index contributed by atoms with van der Waals surface area (Å²) in [6.45, 7) is 0.435. The molecule has 0 heterocycles. The molecule has 3 N–H and O–H groups in total. The molecule has 0 fully saturated rings. The van der Waals surface area contributed by atoms with Gasteiger partial charge in [-0.15, -0.1) is 0 Å². The number of hydrogen-bond donors (Lipinski definition) is 2. The Morgan fingerprint density at radius 3 is 2.35 bits per heavy atom. The molecule has 4 nitrogen and oxygen atoms in total. The smallest absolute Gasteiger partial charge is 0.276 e. The van der Waals surface area contributed by atoms with Crippen molar-refractivity contribution in [3.05, 3.63) is 68.1 Å². The van der Waals surface area contributed by atoms with E-state index in [1.54, 1.807) is 12.1 Å². The first-order valence-corrected chi connectivity index (χ1v) is 9.26. The summed E-state index contributed by atoms with van der Waals surface area (Å²) in [7, 11) is 0. The largest absolute Gasteiger partial charge is 0.361 e. The van der Waals surface area contributed by atoms with E-state index in [1.807, 2.05) is 30.3 Å². The van der Waals surface area contributed by atoms with Crippen LogP contribution in [0.4, 0.5) is 4.79 Å². The third kappa shape index (κ3) is 5.67. The van der Waals surface area contributed by atoms with Crippen molar-refractivity contribution in [1.82, 2.24) is 5.32 Å². The van der Waals surface area contributed by atoms with Crippen molar-refractivity contribution >= 4 is 54.8 Å². The third-order valence-electron chi connectivity index (χ3n) is 3.05. The maximum absolute atomic E-state index is 12.4. The number of nitrogens with one attached hydrogen (secondary N) is 1. The van der Waals surface area contributed by atoms with Gasteiger partial charge in [-0.05, 0) is 41.5 Å². The number of thioether (sulfide) groups is 1. The minimum absolute atomic E-state index is 0.180. The zero-order valence-corrected chi connectivity index (χ0v) is 16.0. The van der Waals surface area contributed by atoms with Crippen molar-refractivity contribution in [2.24, 2.45) is 5.73 Å². The molecule has 0 unspecified atom stereocenters. The highest BCUT2D eigenvalue weighted by Crippen LogP contribution is 2.21. The Bertz CT molecular complexity index is 721. The topological polar surface area (TPSA) is 72.2 Å². The minimum Gasteiger partial charge on any atom is -0.361 e. The fraction of sp³-hybridized carbons (Fsp3) is 0.125. The summed E-state index contributed by atoms with van der Waals surface area (Å²) in [5, 5.41) is 2.42. The van der Waals surface area contributed by atoms with E-state index < -0.39 is 5.24 Å². The highest BCUT2D eigenvalue weighted by Gasteiger charge is 2.12. The molecule has 0 aliphatic heterocycles. The molecular weight excluding hydrogens is 444 g/mol. The summed E-state index contributed by atoms with van der Waals surface area (Å²) in [6, 6.07) is 13.1. The van der Waals surface area contributed by atoms with Crippen molar-refractivity contribution in [3.63, 3.8) is 0 Å². The Morgan fingerprint density at radius 2 is 1.70 bits per heavy atom. The SMILES string of the molecule is NC(=O)SCc1cc(Br)ccc1C(=O)NCc1ccc(Br)cc1. The molecule has 7 heteroatoms. The second-order valence-corrected chi connectivity index (χ2v) is 7.53. The van der Waals surface area contributed by atoms with Crippen molar-refractivity contribution in [2.45, 2.75) is 12.3 Å². The minimum atomic E-state index is -0.466. The summed E-state index contributed by atoms with van der Waals surface area (Å²) in [5.41, 5.74) is 7.47. The molecular formula is C16H14Br2N2O2S. The third-order valence-corrected chi connectivity index (χ3v) is 4.81. The van der Waals surface area contributed by atoms with E-state index in [1.165, 1.54) is 0 Å². The van der Waals surface area contributed by atoms with Crippen molar-refractivity contribution in [1.29, 1.82) is 0 Å². The summed E-state index contributed by atoms with van der Waals surface area (Å²) >= 11 is 7.72. The molecule has 0 aliphatic carbocycles. The van der Waals surface area contributed by atoms with Crippen LogP contribution < -0.4 is 11.1 Å². The lowest BCUT2D eigenvalue weighted by Crippen LogP contribution is -2.24. The van der Waals surface area contributed by atoms with Gasteiger partial charge in [0.25, 0.3) is 11.1 Å². The molecule has 0 atom stereocenters. The second-order valence-electron chi connectivity index (χ2n) is 4.72. The van der Waals surface area contributed by atoms with E-state index in [2.05, 4.69) is 37.2 Å². The molecule has 0 saturated heterocycles. The number of primary amides is 1. The number of hydrogen-bond acceptors (Lipinski definition) is 3. The Balaban J connectivity index is 2.08. The molecule has 2 rings (SSSR count). The van der Waals surface area contributed by atoms with Crippen LogP contribution in [0.15, 0.2) is 51.4 Å². The first kappa shape index (κ1) is 18.0.